The van der Waals surface area contributed by atoms with Crippen molar-refractivity contribution in [1.29, 1.82) is 0 Å². The zero-order chi connectivity index (χ0) is 24.9. The van der Waals surface area contributed by atoms with Gasteiger partial charge in [-0.1, -0.05) is 18.2 Å². The number of anilines is 2. The molecule has 5 heterocycles. The van der Waals surface area contributed by atoms with Crippen molar-refractivity contribution in [3.63, 3.8) is 0 Å². The number of halogens is 1. The van der Waals surface area contributed by atoms with Crippen LogP contribution >= 0.6 is 0 Å². The summed E-state index contributed by atoms with van der Waals surface area (Å²) in [5.41, 5.74) is 1.58. The first-order chi connectivity index (χ1) is 17.4. The second-order valence-electron chi connectivity index (χ2n) is 9.78. The van der Waals surface area contributed by atoms with Crippen LogP contribution in [0.3, 0.4) is 0 Å². The summed E-state index contributed by atoms with van der Waals surface area (Å²) in [5, 5.41) is 11.9. The second-order valence-corrected chi connectivity index (χ2v) is 9.78. The van der Waals surface area contributed by atoms with Crippen molar-refractivity contribution < 1.29 is 13.9 Å². The largest absolute Gasteiger partial charge is 0.381 e. The van der Waals surface area contributed by atoms with E-state index in [9.17, 15) is 9.18 Å². The molecule has 1 fully saturated rings. The van der Waals surface area contributed by atoms with Crippen molar-refractivity contribution in [2.45, 2.75) is 32.2 Å². The van der Waals surface area contributed by atoms with Gasteiger partial charge in [-0.2, -0.15) is 5.10 Å². The highest BCUT2D eigenvalue weighted by Crippen LogP contribution is 2.42. The van der Waals surface area contributed by atoms with Crippen molar-refractivity contribution >= 4 is 28.6 Å². The zero-order valence-corrected chi connectivity index (χ0v) is 20.1. The smallest absolute Gasteiger partial charge is 0.235 e. The van der Waals surface area contributed by atoms with Gasteiger partial charge in [0.15, 0.2) is 11.5 Å². The predicted molar refractivity (Wildman–Crippen MR) is 133 cm³/mol. The molecular formula is C26H26FN7O2. The van der Waals surface area contributed by atoms with Gasteiger partial charge in [0.1, 0.15) is 23.1 Å². The summed E-state index contributed by atoms with van der Waals surface area (Å²) in [6.07, 6.45) is 2.65. The third kappa shape index (κ3) is 3.78. The summed E-state index contributed by atoms with van der Waals surface area (Å²) in [5.74, 6) is 1.37. The lowest BCUT2D eigenvalue weighted by molar-refractivity contribution is -0.119. The minimum atomic E-state index is -0.782. The number of ether oxygens (including phenoxy) is 1. The highest BCUT2D eigenvalue weighted by atomic mass is 19.1. The Morgan fingerprint density at radius 2 is 2.08 bits per heavy atom. The molecule has 0 aliphatic carbocycles. The number of carbonyl (C=O) groups is 1. The Bertz CT molecular complexity index is 1480. The third-order valence-corrected chi connectivity index (χ3v) is 6.91. The Balaban J connectivity index is 1.45. The number of aromatic nitrogens is 5. The topological polar surface area (TPSA) is 107 Å². The summed E-state index contributed by atoms with van der Waals surface area (Å²) in [6.45, 7) is 6.07. The monoisotopic (exact) mass is 487 g/mol. The second kappa shape index (κ2) is 8.63. The van der Waals surface area contributed by atoms with E-state index >= 15 is 0 Å². The van der Waals surface area contributed by atoms with E-state index in [0.29, 0.717) is 53.4 Å². The average molecular weight is 488 g/mol. The Kier molecular flexibility index (Phi) is 5.40. The SMILES string of the molecule is CC1(C)C(=O)Nc2nc(-c3nn(Cc4ccccc4F)c4ncccc34)nc(NCC3CCOC3)c21. The van der Waals surface area contributed by atoms with Crippen LogP contribution in [-0.2, 0) is 21.5 Å². The van der Waals surface area contributed by atoms with E-state index in [0.717, 1.165) is 24.0 Å². The van der Waals surface area contributed by atoms with Gasteiger partial charge < -0.3 is 15.4 Å². The molecule has 184 valence electrons. The molecule has 1 atom stereocenters. The van der Waals surface area contributed by atoms with Crippen LogP contribution in [0.1, 0.15) is 31.4 Å². The van der Waals surface area contributed by atoms with Gasteiger partial charge in [-0.05, 0) is 38.5 Å². The standard InChI is InChI=1S/C26H26FN7O2/c1-26(2)19-21(29-12-15-9-11-36-14-15)30-23(31-22(19)32-25(26)35)20-17-7-5-10-28-24(17)34(33-20)13-16-6-3-4-8-18(16)27/h3-8,10,15H,9,11-14H2,1-2H3,(H2,29,30,31,32,35). The van der Waals surface area contributed by atoms with Crippen molar-refractivity contribution in [2.75, 3.05) is 30.4 Å². The maximum atomic E-state index is 14.4. The number of nitrogens with one attached hydrogen (secondary N) is 2. The lowest BCUT2D eigenvalue weighted by Gasteiger charge is -2.20. The molecular weight excluding hydrogens is 461 g/mol. The van der Waals surface area contributed by atoms with Gasteiger partial charge in [-0.25, -0.2) is 24.0 Å². The molecule has 36 heavy (non-hydrogen) atoms. The van der Waals surface area contributed by atoms with Gasteiger partial charge >= 0.3 is 0 Å². The molecule has 1 amide bonds. The van der Waals surface area contributed by atoms with Gasteiger partial charge in [-0.3, -0.25) is 4.79 Å². The fourth-order valence-electron chi connectivity index (χ4n) is 4.81. The molecule has 2 aliphatic heterocycles. The van der Waals surface area contributed by atoms with Crippen LogP contribution in [0.15, 0.2) is 42.6 Å². The van der Waals surface area contributed by atoms with E-state index in [2.05, 4.69) is 15.6 Å². The molecule has 9 nitrogen and oxygen atoms in total. The van der Waals surface area contributed by atoms with Crippen LogP contribution < -0.4 is 10.6 Å². The van der Waals surface area contributed by atoms with Crippen molar-refractivity contribution in [2.24, 2.45) is 5.92 Å². The molecule has 10 heteroatoms. The van der Waals surface area contributed by atoms with E-state index in [4.69, 9.17) is 19.8 Å². The Morgan fingerprint density at radius 3 is 2.89 bits per heavy atom. The minimum absolute atomic E-state index is 0.132. The molecule has 0 radical (unpaired) electrons. The number of benzene rings is 1. The summed E-state index contributed by atoms with van der Waals surface area (Å²) >= 11 is 0. The molecule has 0 bridgehead atoms. The molecule has 1 aromatic carbocycles. The van der Waals surface area contributed by atoms with Crippen LogP contribution in [0.2, 0.25) is 0 Å². The van der Waals surface area contributed by atoms with Gasteiger partial charge in [-0.15, -0.1) is 0 Å². The lowest BCUT2D eigenvalue weighted by Crippen LogP contribution is -2.28. The highest BCUT2D eigenvalue weighted by molar-refractivity contribution is 6.06. The first kappa shape index (κ1) is 22.5. The van der Waals surface area contributed by atoms with Gasteiger partial charge in [0.25, 0.3) is 0 Å². The zero-order valence-electron chi connectivity index (χ0n) is 20.1. The maximum Gasteiger partial charge on any atom is 0.235 e. The van der Waals surface area contributed by atoms with Crippen LogP contribution in [0.5, 0.6) is 0 Å². The summed E-state index contributed by atoms with van der Waals surface area (Å²) in [7, 11) is 0. The number of pyridine rings is 1. The normalized spacial score (nSPS) is 18.4. The van der Waals surface area contributed by atoms with Crippen LogP contribution in [0, 0.1) is 11.7 Å². The third-order valence-electron chi connectivity index (χ3n) is 6.91. The van der Waals surface area contributed by atoms with Gasteiger partial charge in [0, 0.05) is 30.8 Å². The summed E-state index contributed by atoms with van der Waals surface area (Å²) < 4.78 is 21.6. The molecule has 1 saturated heterocycles. The number of nitrogens with zero attached hydrogens (tertiary/aromatic N) is 5. The molecule has 1 unspecified atom stereocenters. The maximum absolute atomic E-state index is 14.4. The average Bonchev–Trinajstić information content (AvgIpc) is 3.57. The van der Waals surface area contributed by atoms with E-state index in [1.54, 1.807) is 29.1 Å². The van der Waals surface area contributed by atoms with Gasteiger partial charge in [0.2, 0.25) is 5.91 Å². The molecule has 2 aliphatic rings. The predicted octanol–water partition coefficient (Wildman–Crippen LogP) is 3.75. The van der Waals surface area contributed by atoms with E-state index < -0.39 is 5.41 Å². The van der Waals surface area contributed by atoms with E-state index in [1.165, 1.54) is 6.07 Å². The molecule has 6 rings (SSSR count). The quantitative estimate of drug-likeness (QED) is 0.427. The number of amides is 1. The van der Waals surface area contributed by atoms with Crippen molar-refractivity contribution in [1.82, 2.24) is 24.7 Å². The number of carbonyl (C=O) groups excluding carboxylic acids is 1. The summed E-state index contributed by atoms with van der Waals surface area (Å²) in [6, 6.07) is 10.3. The first-order valence-electron chi connectivity index (χ1n) is 12.0. The Morgan fingerprint density at radius 1 is 1.22 bits per heavy atom. The van der Waals surface area contributed by atoms with Crippen molar-refractivity contribution in [3.8, 4) is 11.5 Å². The number of hydrogen-bond acceptors (Lipinski definition) is 7. The minimum Gasteiger partial charge on any atom is -0.381 e. The van der Waals surface area contributed by atoms with Crippen molar-refractivity contribution in [3.05, 3.63) is 59.5 Å². The van der Waals surface area contributed by atoms with Crippen LogP contribution in [-0.4, -0.2) is 50.4 Å². The molecule has 0 spiro atoms. The molecule has 4 aromatic rings. The number of rotatable bonds is 6. The fraction of sp³-hybridized carbons (Fsp3) is 0.346. The van der Waals surface area contributed by atoms with Crippen LogP contribution in [0.25, 0.3) is 22.6 Å². The fourth-order valence-corrected chi connectivity index (χ4v) is 4.81. The molecule has 2 N–H and O–H groups in total. The Labute approximate surface area is 207 Å². The highest BCUT2D eigenvalue weighted by Gasteiger charge is 2.43. The van der Waals surface area contributed by atoms with Gasteiger partial charge in [0.05, 0.1) is 29.5 Å². The first-order valence-corrected chi connectivity index (χ1v) is 12.0. The summed E-state index contributed by atoms with van der Waals surface area (Å²) in [4.78, 5) is 26.8. The lowest BCUT2D eigenvalue weighted by atomic mass is 9.87. The van der Waals surface area contributed by atoms with E-state index in [-0.39, 0.29) is 18.3 Å². The number of hydrogen-bond donors (Lipinski definition) is 2. The Hall–Kier alpha value is -3.92. The van der Waals surface area contributed by atoms with E-state index in [1.807, 2.05) is 26.0 Å². The van der Waals surface area contributed by atoms with Crippen LogP contribution in [0.4, 0.5) is 16.0 Å². The molecule has 3 aromatic heterocycles. The number of fused-ring (bicyclic) bond motifs is 2. The molecule has 0 saturated carbocycles.